The van der Waals surface area contributed by atoms with E-state index in [2.05, 4.69) is 15.3 Å². The van der Waals surface area contributed by atoms with Crippen molar-refractivity contribution < 1.29 is 14.3 Å². The Bertz CT molecular complexity index is 381. The van der Waals surface area contributed by atoms with E-state index in [1.807, 2.05) is 20.8 Å². The van der Waals surface area contributed by atoms with Crippen molar-refractivity contribution in [2.24, 2.45) is 11.0 Å². The number of nitrogens with zero attached hydrogens (tertiary/aromatic N) is 3. The summed E-state index contributed by atoms with van der Waals surface area (Å²) in [7, 11) is 0. The molecule has 0 heterocycles. The highest BCUT2D eigenvalue weighted by Crippen LogP contribution is 2.24. The van der Waals surface area contributed by atoms with Gasteiger partial charge >= 0.3 is 6.09 Å². The van der Waals surface area contributed by atoms with Gasteiger partial charge in [0.15, 0.2) is 0 Å². The first kappa shape index (κ1) is 18.6. The Balaban J connectivity index is 2.10. The second kappa shape index (κ2) is 9.54. The monoisotopic (exact) mass is 312 g/mol. The van der Waals surface area contributed by atoms with Gasteiger partial charge in [0.25, 0.3) is 0 Å². The van der Waals surface area contributed by atoms with Gasteiger partial charge in [0, 0.05) is 30.7 Å². The van der Waals surface area contributed by atoms with Crippen LogP contribution in [0.3, 0.4) is 0 Å². The van der Waals surface area contributed by atoms with Gasteiger partial charge in [0.1, 0.15) is 5.60 Å². The maximum Gasteiger partial charge on any atom is 0.407 e. The second-order valence-electron chi connectivity index (χ2n) is 6.75. The van der Waals surface area contributed by atoms with E-state index in [1.54, 1.807) is 0 Å². The highest BCUT2D eigenvalue weighted by atomic mass is 16.6. The fraction of sp³-hybridized carbons (Fsp3) is 0.933. The minimum absolute atomic E-state index is 0.205. The number of hydrogen-bond donors (Lipinski definition) is 1. The summed E-state index contributed by atoms with van der Waals surface area (Å²) in [5.74, 6) is 0.552. The second-order valence-corrected chi connectivity index (χ2v) is 6.75. The number of azide groups is 1. The molecule has 22 heavy (non-hydrogen) atoms. The molecule has 1 fully saturated rings. The van der Waals surface area contributed by atoms with Gasteiger partial charge in [-0.15, -0.1) is 0 Å². The summed E-state index contributed by atoms with van der Waals surface area (Å²) in [4.78, 5) is 14.4. The van der Waals surface area contributed by atoms with Crippen molar-refractivity contribution in [2.75, 3.05) is 19.8 Å². The quantitative estimate of drug-likeness (QED) is 0.335. The van der Waals surface area contributed by atoms with Gasteiger partial charge in [-0.1, -0.05) is 5.11 Å². The zero-order valence-electron chi connectivity index (χ0n) is 13.9. The van der Waals surface area contributed by atoms with Crippen LogP contribution in [0.15, 0.2) is 5.11 Å². The molecule has 7 nitrogen and oxygen atoms in total. The molecule has 0 saturated heterocycles. The van der Waals surface area contributed by atoms with Gasteiger partial charge in [-0.3, -0.25) is 0 Å². The van der Waals surface area contributed by atoms with Crippen LogP contribution >= 0.6 is 0 Å². The van der Waals surface area contributed by atoms with Crippen LogP contribution in [-0.4, -0.2) is 37.5 Å². The van der Waals surface area contributed by atoms with Crippen molar-refractivity contribution in [1.29, 1.82) is 0 Å². The van der Waals surface area contributed by atoms with Gasteiger partial charge < -0.3 is 14.8 Å². The lowest BCUT2D eigenvalue weighted by atomic mass is 9.86. The lowest BCUT2D eigenvalue weighted by Gasteiger charge is -2.30. The molecule has 1 rings (SSSR count). The summed E-state index contributed by atoms with van der Waals surface area (Å²) in [6, 6.07) is 0.205. The number of rotatable bonds is 7. The number of nitrogens with one attached hydrogen (secondary N) is 1. The maximum atomic E-state index is 11.7. The predicted molar refractivity (Wildman–Crippen MR) is 84.6 cm³/mol. The molecular formula is C15H28N4O3. The van der Waals surface area contributed by atoms with Gasteiger partial charge in [0.2, 0.25) is 0 Å². The Morgan fingerprint density at radius 1 is 1.32 bits per heavy atom. The van der Waals surface area contributed by atoms with Gasteiger partial charge in [-0.2, -0.15) is 0 Å². The molecule has 0 aliphatic heterocycles. The van der Waals surface area contributed by atoms with Crippen molar-refractivity contribution in [1.82, 2.24) is 5.32 Å². The first-order valence-corrected chi connectivity index (χ1v) is 7.99. The van der Waals surface area contributed by atoms with Crippen LogP contribution in [0.4, 0.5) is 4.79 Å². The third-order valence-corrected chi connectivity index (χ3v) is 3.53. The van der Waals surface area contributed by atoms with E-state index in [9.17, 15) is 4.79 Å². The SMILES string of the molecule is CC(C)(C)OC(=O)NC1CCC(COCCCN=[N+]=[N-])CC1. The highest BCUT2D eigenvalue weighted by molar-refractivity contribution is 5.68. The summed E-state index contributed by atoms with van der Waals surface area (Å²) in [6.45, 7) is 7.46. The molecule has 7 heteroatoms. The zero-order chi connectivity index (χ0) is 16.4. The van der Waals surface area contributed by atoms with Crippen molar-refractivity contribution in [3.63, 3.8) is 0 Å². The molecule has 0 aromatic carbocycles. The van der Waals surface area contributed by atoms with E-state index in [1.165, 1.54) is 0 Å². The molecule has 1 aliphatic rings. The predicted octanol–water partition coefficient (Wildman–Crippen LogP) is 3.79. The Morgan fingerprint density at radius 2 is 2.00 bits per heavy atom. The minimum atomic E-state index is -0.454. The minimum Gasteiger partial charge on any atom is -0.444 e. The van der Waals surface area contributed by atoms with E-state index < -0.39 is 5.60 Å². The van der Waals surface area contributed by atoms with Gasteiger partial charge in [-0.05, 0) is 64.3 Å². The molecule has 0 atom stereocenters. The van der Waals surface area contributed by atoms with E-state index in [4.69, 9.17) is 15.0 Å². The molecular weight excluding hydrogens is 284 g/mol. The summed E-state index contributed by atoms with van der Waals surface area (Å²) in [6.07, 6.45) is 4.47. The molecule has 0 bridgehead atoms. The van der Waals surface area contributed by atoms with Gasteiger partial charge in [0.05, 0.1) is 0 Å². The Hall–Kier alpha value is -1.46. The van der Waals surface area contributed by atoms with Crippen molar-refractivity contribution in [3.8, 4) is 0 Å². The van der Waals surface area contributed by atoms with E-state index in [-0.39, 0.29) is 12.1 Å². The molecule has 0 spiro atoms. The number of carbonyl (C=O) groups is 1. The standard InChI is InChI=1S/C15H28N4O3/c1-15(2,3)22-14(20)18-13-7-5-12(6-8-13)11-21-10-4-9-17-19-16/h12-13H,4-11H2,1-3H3,(H,18,20). The van der Waals surface area contributed by atoms with E-state index in [0.717, 1.165) is 38.7 Å². The van der Waals surface area contributed by atoms with Crippen LogP contribution in [0.25, 0.3) is 10.4 Å². The Morgan fingerprint density at radius 3 is 2.59 bits per heavy atom. The van der Waals surface area contributed by atoms with Crippen LogP contribution in [0.5, 0.6) is 0 Å². The summed E-state index contributed by atoms with van der Waals surface area (Å²) in [5.41, 5.74) is 7.70. The lowest BCUT2D eigenvalue weighted by molar-refractivity contribution is 0.0463. The number of carbonyl (C=O) groups excluding carboxylic acids is 1. The molecule has 0 aromatic heterocycles. The summed E-state index contributed by atoms with van der Waals surface area (Å²) in [5, 5.41) is 6.41. The summed E-state index contributed by atoms with van der Waals surface area (Å²) >= 11 is 0. The van der Waals surface area contributed by atoms with Crippen LogP contribution in [0.1, 0.15) is 52.9 Å². The molecule has 1 amide bonds. The number of alkyl carbamates (subject to hydrolysis) is 1. The molecule has 1 aliphatic carbocycles. The molecule has 0 radical (unpaired) electrons. The molecule has 1 N–H and O–H groups in total. The average Bonchev–Trinajstić information content (AvgIpc) is 2.42. The van der Waals surface area contributed by atoms with Crippen molar-refractivity contribution in [3.05, 3.63) is 10.4 Å². The average molecular weight is 312 g/mol. The molecule has 0 aromatic rings. The Labute approximate surface area is 132 Å². The smallest absolute Gasteiger partial charge is 0.407 e. The van der Waals surface area contributed by atoms with Crippen molar-refractivity contribution >= 4 is 6.09 Å². The van der Waals surface area contributed by atoms with Crippen LogP contribution in [-0.2, 0) is 9.47 Å². The normalized spacial score (nSPS) is 21.8. The maximum absolute atomic E-state index is 11.7. The molecule has 1 saturated carbocycles. The van der Waals surface area contributed by atoms with Gasteiger partial charge in [-0.25, -0.2) is 4.79 Å². The number of hydrogen-bond acceptors (Lipinski definition) is 4. The fourth-order valence-electron chi connectivity index (χ4n) is 2.48. The third-order valence-electron chi connectivity index (χ3n) is 3.53. The van der Waals surface area contributed by atoms with Crippen LogP contribution in [0.2, 0.25) is 0 Å². The van der Waals surface area contributed by atoms with Crippen molar-refractivity contribution in [2.45, 2.75) is 64.5 Å². The summed E-state index contributed by atoms with van der Waals surface area (Å²) < 4.78 is 10.9. The first-order chi connectivity index (χ1) is 10.4. The lowest BCUT2D eigenvalue weighted by Crippen LogP contribution is -2.41. The third kappa shape index (κ3) is 8.74. The van der Waals surface area contributed by atoms with E-state index in [0.29, 0.717) is 19.1 Å². The van der Waals surface area contributed by atoms with Crippen LogP contribution in [0, 0.1) is 5.92 Å². The molecule has 0 unspecified atom stereocenters. The van der Waals surface area contributed by atoms with E-state index >= 15 is 0 Å². The zero-order valence-corrected chi connectivity index (χ0v) is 13.9. The number of amides is 1. The first-order valence-electron chi connectivity index (χ1n) is 7.99. The topological polar surface area (TPSA) is 96.3 Å². The largest absolute Gasteiger partial charge is 0.444 e. The Kier molecular flexibility index (Phi) is 8.06. The number of ether oxygens (including phenoxy) is 2. The highest BCUT2D eigenvalue weighted by Gasteiger charge is 2.24. The fourth-order valence-corrected chi connectivity index (χ4v) is 2.48. The van der Waals surface area contributed by atoms with Crippen LogP contribution < -0.4 is 5.32 Å². The molecule has 126 valence electrons.